The number of phenolic OH excluding ortho intramolecular Hbond substituents is 3. The van der Waals surface area contributed by atoms with E-state index in [-0.39, 0.29) is 66.5 Å². The van der Waals surface area contributed by atoms with E-state index < -0.39 is 107 Å². The monoisotopic (exact) mass is 771 g/mol. The van der Waals surface area contributed by atoms with Gasteiger partial charge in [-0.1, -0.05) is 19.1 Å². The summed E-state index contributed by atoms with van der Waals surface area (Å²) in [5, 5.41) is 67.0. The smallest absolute Gasteiger partial charge is 0.202 e. The highest BCUT2D eigenvalue weighted by Crippen LogP contribution is 2.54. The maximum Gasteiger partial charge on any atom is 0.202 e. The summed E-state index contributed by atoms with van der Waals surface area (Å²) in [6, 6.07) is 3.74. The summed E-state index contributed by atoms with van der Waals surface area (Å²) in [5.74, 6) is -3.05. The van der Waals surface area contributed by atoms with Crippen molar-refractivity contribution in [1.29, 1.82) is 0 Å². The lowest BCUT2D eigenvalue weighted by molar-refractivity contribution is -0.331. The average molecular weight is 772 g/mol. The van der Waals surface area contributed by atoms with Crippen molar-refractivity contribution in [2.75, 3.05) is 14.1 Å². The number of ketones is 2. The van der Waals surface area contributed by atoms with Gasteiger partial charge in [0, 0.05) is 42.0 Å². The Balaban J connectivity index is 1.10. The van der Waals surface area contributed by atoms with E-state index in [1.54, 1.807) is 20.8 Å². The number of carbonyl (C=O) groups excluding carboxylic acids is 2. The third-order valence-corrected chi connectivity index (χ3v) is 12.2. The molecule has 7 rings (SSSR count). The zero-order chi connectivity index (χ0) is 39.7. The summed E-state index contributed by atoms with van der Waals surface area (Å²) in [6.45, 7) is 7.16. The highest BCUT2D eigenvalue weighted by Gasteiger charge is 2.51. The number of phenols is 3. The number of nitrogens with zero attached hydrogens (tertiary/aromatic N) is 1. The molecule has 2 aliphatic carbocycles. The van der Waals surface area contributed by atoms with Crippen LogP contribution in [-0.2, 0) is 34.8 Å². The normalized spacial score (nSPS) is 37.7. The number of carbonyl (C=O) groups is 2. The summed E-state index contributed by atoms with van der Waals surface area (Å²) in [5.41, 5.74) is -2.55. The fourth-order valence-electron chi connectivity index (χ4n) is 8.95. The number of likely N-dealkylation sites (N-methyl/N-ethyl adjacent to an activating group) is 1. The molecular weight excluding hydrogens is 718 g/mol. The van der Waals surface area contributed by atoms with Gasteiger partial charge in [-0.25, -0.2) is 0 Å². The molecule has 5 aliphatic rings. The molecule has 0 radical (unpaired) electrons. The Morgan fingerprint density at radius 2 is 1.42 bits per heavy atom. The van der Waals surface area contributed by atoms with Crippen LogP contribution in [0, 0.1) is 0 Å². The minimum atomic E-state index is -1.54. The van der Waals surface area contributed by atoms with Crippen LogP contribution in [0.1, 0.15) is 115 Å². The molecule has 0 amide bonds. The lowest BCUT2D eigenvalue weighted by Crippen LogP contribution is -2.58. The van der Waals surface area contributed by atoms with Crippen molar-refractivity contribution < 1.29 is 68.6 Å². The number of aliphatic hydroxyl groups is 3. The van der Waals surface area contributed by atoms with E-state index in [0.29, 0.717) is 12.8 Å². The van der Waals surface area contributed by atoms with Crippen molar-refractivity contribution in [3.05, 3.63) is 51.6 Å². The number of benzene rings is 2. The topological polar surface area (TPSA) is 214 Å². The van der Waals surface area contributed by atoms with Crippen LogP contribution in [-0.4, -0.2) is 134 Å². The second-order valence-electron chi connectivity index (χ2n) is 15.9. The van der Waals surface area contributed by atoms with Gasteiger partial charge in [-0.15, -0.1) is 0 Å². The van der Waals surface area contributed by atoms with Gasteiger partial charge >= 0.3 is 0 Å². The Morgan fingerprint density at radius 3 is 2.07 bits per heavy atom. The molecule has 3 heterocycles. The first-order valence-electron chi connectivity index (χ1n) is 19.2. The van der Waals surface area contributed by atoms with Crippen molar-refractivity contribution in [3.63, 3.8) is 0 Å². The number of hydrogen-bond donors (Lipinski definition) is 6. The SMILES string of the molecule is CC[C@@]1(O)CCc2c(O)c3c(c(O)c2[C@H]1O[C@H]1C[C@@H](N(C)C)[C@@H](O[C@@H]2C[C@H](O)[C@H](O[C@H]4CC[C@@H](O)[C@@H](C)O4)[C@@H](C)O2)[C@@H](C)O1)C(=O)c1cccc(O)c1C3=O. The molecule has 0 saturated carbocycles. The third-order valence-electron chi connectivity index (χ3n) is 12.2. The van der Waals surface area contributed by atoms with Crippen LogP contribution >= 0.6 is 0 Å². The molecule has 2 aromatic carbocycles. The molecule has 15 nitrogen and oxygen atoms in total. The van der Waals surface area contributed by atoms with E-state index in [1.165, 1.54) is 18.2 Å². The Bertz CT molecular complexity index is 1790. The van der Waals surface area contributed by atoms with E-state index in [4.69, 9.17) is 28.4 Å². The first-order valence-corrected chi connectivity index (χ1v) is 19.2. The molecule has 0 aromatic heterocycles. The molecule has 0 unspecified atom stereocenters. The number of ether oxygens (including phenoxy) is 6. The Morgan fingerprint density at radius 1 is 0.782 bits per heavy atom. The maximum atomic E-state index is 13.8. The number of hydrogen-bond acceptors (Lipinski definition) is 15. The van der Waals surface area contributed by atoms with Crippen molar-refractivity contribution in [2.45, 2.75) is 152 Å². The molecule has 3 aliphatic heterocycles. The van der Waals surface area contributed by atoms with Crippen LogP contribution in [0.5, 0.6) is 17.2 Å². The van der Waals surface area contributed by atoms with Crippen molar-refractivity contribution >= 4 is 11.6 Å². The second kappa shape index (κ2) is 15.3. The van der Waals surface area contributed by atoms with Crippen LogP contribution in [0.15, 0.2) is 18.2 Å². The zero-order valence-electron chi connectivity index (χ0n) is 32.0. The zero-order valence-corrected chi connectivity index (χ0v) is 32.0. The fraction of sp³-hybridized carbons (Fsp3) is 0.650. The molecule has 15 heteroatoms. The van der Waals surface area contributed by atoms with Gasteiger partial charge < -0.3 is 64.0 Å². The predicted octanol–water partition coefficient (Wildman–Crippen LogP) is 2.94. The molecular formula is C40H53NO14. The van der Waals surface area contributed by atoms with E-state index in [0.717, 1.165) is 0 Å². The minimum Gasteiger partial charge on any atom is -0.507 e. The number of aromatic hydroxyl groups is 3. The van der Waals surface area contributed by atoms with Crippen LogP contribution in [0.3, 0.4) is 0 Å². The summed E-state index contributed by atoms with van der Waals surface area (Å²) in [7, 11) is 3.77. The van der Waals surface area contributed by atoms with Gasteiger partial charge in [-0.3, -0.25) is 9.59 Å². The highest BCUT2D eigenvalue weighted by molar-refractivity contribution is 6.31. The van der Waals surface area contributed by atoms with Crippen molar-refractivity contribution in [2.24, 2.45) is 0 Å². The van der Waals surface area contributed by atoms with Gasteiger partial charge in [-0.05, 0) is 66.6 Å². The first-order chi connectivity index (χ1) is 26.0. The van der Waals surface area contributed by atoms with Crippen molar-refractivity contribution in [3.8, 4) is 17.2 Å². The van der Waals surface area contributed by atoms with Crippen LogP contribution in [0.4, 0.5) is 0 Å². The lowest BCUT2D eigenvalue weighted by atomic mass is 9.71. The van der Waals surface area contributed by atoms with E-state index in [1.807, 2.05) is 25.9 Å². The van der Waals surface area contributed by atoms with Gasteiger partial charge in [0.05, 0.1) is 52.8 Å². The molecule has 55 heavy (non-hydrogen) atoms. The van der Waals surface area contributed by atoms with Gasteiger partial charge in [0.25, 0.3) is 0 Å². The largest absolute Gasteiger partial charge is 0.507 e. The maximum absolute atomic E-state index is 13.8. The number of fused-ring (bicyclic) bond motifs is 3. The quantitative estimate of drug-likeness (QED) is 0.182. The molecule has 0 spiro atoms. The summed E-state index contributed by atoms with van der Waals surface area (Å²) in [6.07, 6.45) is -6.00. The molecule has 3 fully saturated rings. The highest BCUT2D eigenvalue weighted by atomic mass is 16.7. The molecule has 3 saturated heterocycles. The number of aliphatic hydroxyl groups excluding tert-OH is 2. The fourth-order valence-corrected chi connectivity index (χ4v) is 8.95. The van der Waals surface area contributed by atoms with E-state index >= 15 is 0 Å². The van der Waals surface area contributed by atoms with Gasteiger partial charge in [0.1, 0.15) is 35.6 Å². The van der Waals surface area contributed by atoms with Crippen molar-refractivity contribution in [1.82, 2.24) is 4.90 Å². The Labute approximate surface area is 319 Å². The van der Waals surface area contributed by atoms with Crippen LogP contribution in [0.25, 0.3) is 0 Å². The second-order valence-corrected chi connectivity index (χ2v) is 15.9. The molecule has 0 bridgehead atoms. The Kier molecular flexibility index (Phi) is 11.1. The summed E-state index contributed by atoms with van der Waals surface area (Å²) >= 11 is 0. The predicted molar refractivity (Wildman–Crippen MR) is 193 cm³/mol. The van der Waals surface area contributed by atoms with Gasteiger partial charge in [0.15, 0.2) is 24.7 Å². The summed E-state index contributed by atoms with van der Waals surface area (Å²) < 4.78 is 37.6. The third kappa shape index (κ3) is 7.06. The van der Waals surface area contributed by atoms with E-state index in [9.17, 15) is 40.2 Å². The summed E-state index contributed by atoms with van der Waals surface area (Å²) in [4.78, 5) is 29.4. The average Bonchev–Trinajstić information content (AvgIpc) is 3.13. The molecule has 6 N–H and O–H groups in total. The first kappa shape index (κ1) is 40.0. The molecule has 13 atom stereocenters. The Hall–Kier alpha value is -3.22. The van der Waals surface area contributed by atoms with Gasteiger partial charge in [0.2, 0.25) is 5.78 Å². The molecule has 2 aromatic rings. The minimum absolute atomic E-state index is 0.00671. The lowest BCUT2D eigenvalue weighted by Gasteiger charge is -2.48. The van der Waals surface area contributed by atoms with Crippen LogP contribution < -0.4 is 0 Å². The number of rotatable bonds is 8. The van der Waals surface area contributed by atoms with Gasteiger partial charge in [-0.2, -0.15) is 0 Å². The van der Waals surface area contributed by atoms with E-state index in [2.05, 4.69) is 0 Å². The van der Waals surface area contributed by atoms with Crippen LogP contribution in [0.2, 0.25) is 0 Å². The standard InChI is InChI=1S/C40H53NO14/c1-7-40(49)14-13-21-30(36(48)32-31(34(21)46)35(47)29-20(33(32)45)9-8-10-24(29)43)39(40)55-27-15-22(41(5)6)37(18(3)51-27)54-28-16-25(44)38(19(4)52-28)53-26-12-11-23(42)17(2)50-26/h8-10,17-19,22-23,25-28,37-39,42-44,46,48-49H,7,11-16H2,1-6H3/t17-,18-,19-,22-,23-,25+,26+,27+,28-,37+,38-,39-,40-/m1/s1. The molecule has 302 valence electrons.